The highest BCUT2D eigenvalue weighted by Crippen LogP contribution is 2.42. The zero-order chi connectivity index (χ0) is 20.4. The third-order valence-corrected chi connectivity index (χ3v) is 6.57. The second-order valence-electron chi connectivity index (χ2n) is 9.15. The fraction of sp³-hybridized carbons (Fsp3) is 0.357. The molecule has 0 N–H and O–H groups in total. The molecule has 3 aromatic carbocycles. The lowest BCUT2D eigenvalue weighted by Gasteiger charge is -2.31. The van der Waals surface area contributed by atoms with Gasteiger partial charge in [0, 0.05) is 0 Å². The van der Waals surface area contributed by atoms with Gasteiger partial charge in [-0.25, -0.2) is 0 Å². The van der Waals surface area contributed by atoms with Crippen LogP contribution in [0.1, 0.15) is 65.5 Å². The third-order valence-electron chi connectivity index (χ3n) is 6.57. The summed E-state index contributed by atoms with van der Waals surface area (Å²) in [6.07, 6.45) is 2.23. The smallest absolute Gasteiger partial charge is 0.00998 e. The zero-order valence-corrected chi connectivity index (χ0v) is 18.3. The molecule has 0 atom stereocenters. The van der Waals surface area contributed by atoms with Crippen molar-refractivity contribution >= 4 is 0 Å². The van der Waals surface area contributed by atoms with E-state index in [-0.39, 0.29) is 10.8 Å². The topological polar surface area (TPSA) is 0 Å². The monoisotopic (exact) mass is 370 g/mol. The van der Waals surface area contributed by atoms with Gasteiger partial charge in [0.2, 0.25) is 0 Å². The molecular formula is C28H34. The molecular weight excluding hydrogens is 336 g/mol. The van der Waals surface area contributed by atoms with Crippen molar-refractivity contribution in [2.45, 2.75) is 65.2 Å². The van der Waals surface area contributed by atoms with Crippen LogP contribution < -0.4 is 0 Å². The predicted octanol–water partition coefficient (Wildman–Crippen LogP) is 8.40. The van der Waals surface area contributed by atoms with Crippen LogP contribution >= 0.6 is 0 Å². The first-order chi connectivity index (χ1) is 13.3. The molecule has 0 saturated carbocycles. The van der Waals surface area contributed by atoms with Gasteiger partial charge in [0.25, 0.3) is 0 Å². The summed E-state index contributed by atoms with van der Waals surface area (Å²) in [5.41, 5.74) is 8.49. The van der Waals surface area contributed by atoms with Crippen molar-refractivity contribution in [1.82, 2.24) is 0 Å². The lowest BCUT2D eigenvalue weighted by molar-refractivity contribution is 0.502. The van der Waals surface area contributed by atoms with E-state index in [1.54, 1.807) is 0 Å². The van der Waals surface area contributed by atoms with Gasteiger partial charge in [0.1, 0.15) is 0 Å². The summed E-state index contributed by atoms with van der Waals surface area (Å²) in [4.78, 5) is 0. The van der Waals surface area contributed by atoms with Crippen LogP contribution in [0.4, 0.5) is 0 Å². The molecule has 0 amide bonds. The van der Waals surface area contributed by atoms with Crippen molar-refractivity contribution in [3.63, 3.8) is 0 Å². The van der Waals surface area contributed by atoms with Gasteiger partial charge >= 0.3 is 0 Å². The maximum atomic E-state index is 2.42. The average Bonchev–Trinajstić information content (AvgIpc) is 2.74. The van der Waals surface area contributed by atoms with Gasteiger partial charge in [-0.1, -0.05) is 108 Å². The Morgan fingerprint density at radius 3 is 1.71 bits per heavy atom. The minimum Gasteiger partial charge on any atom is -0.0646 e. The van der Waals surface area contributed by atoms with Gasteiger partial charge in [-0.2, -0.15) is 0 Å². The Balaban J connectivity index is 2.26. The van der Waals surface area contributed by atoms with Crippen LogP contribution in [0.3, 0.4) is 0 Å². The molecule has 0 aliphatic carbocycles. The lowest BCUT2D eigenvalue weighted by atomic mass is 9.73. The zero-order valence-electron chi connectivity index (χ0n) is 18.3. The SMILES string of the molecule is CCC(C)(C)c1ccccc1-c1ccc(-c2ccccc2)cc1C(C)(C)CC. The fourth-order valence-corrected chi connectivity index (χ4v) is 3.84. The molecule has 0 aromatic heterocycles. The fourth-order valence-electron chi connectivity index (χ4n) is 3.84. The Kier molecular flexibility index (Phi) is 5.79. The Hall–Kier alpha value is -2.34. The molecule has 0 radical (unpaired) electrons. The molecule has 0 unspecified atom stereocenters. The Morgan fingerprint density at radius 1 is 0.536 bits per heavy atom. The lowest BCUT2D eigenvalue weighted by Crippen LogP contribution is -2.20. The Labute approximate surface area is 171 Å². The van der Waals surface area contributed by atoms with Gasteiger partial charge in [-0.05, 0) is 63.1 Å². The Morgan fingerprint density at radius 2 is 1.07 bits per heavy atom. The van der Waals surface area contributed by atoms with E-state index < -0.39 is 0 Å². The summed E-state index contributed by atoms with van der Waals surface area (Å²) in [6, 6.07) is 26.7. The highest BCUT2D eigenvalue weighted by Gasteiger charge is 2.27. The summed E-state index contributed by atoms with van der Waals surface area (Å²) < 4.78 is 0. The predicted molar refractivity (Wildman–Crippen MR) is 124 cm³/mol. The van der Waals surface area contributed by atoms with Crippen LogP contribution in [0, 0.1) is 0 Å². The van der Waals surface area contributed by atoms with E-state index in [2.05, 4.69) is 114 Å². The minimum atomic E-state index is 0.115. The highest BCUT2D eigenvalue weighted by atomic mass is 14.3. The van der Waals surface area contributed by atoms with Crippen LogP contribution in [0.25, 0.3) is 22.3 Å². The number of hydrogen-bond donors (Lipinski definition) is 0. The van der Waals surface area contributed by atoms with Crippen molar-refractivity contribution < 1.29 is 0 Å². The summed E-state index contributed by atoms with van der Waals surface area (Å²) in [5, 5.41) is 0. The number of rotatable bonds is 6. The van der Waals surface area contributed by atoms with Crippen molar-refractivity contribution in [1.29, 1.82) is 0 Å². The van der Waals surface area contributed by atoms with Crippen LogP contribution in [0.5, 0.6) is 0 Å². The van der Waals surface area contributed by atoms with Crippen LogP contribution in [0.2, 0.25) is 0 Å². The second-order valence-corrected chi connectivity index (χ2v) is 9.15. The van der Waals surface area contributed by atoms with E-state index in [4.69, 9.17) is 0 Å². The van der Waals surface area contributed by atoms with Gasteiger partial charge < -0.3 is 0 Å². The van der Waals surface area contributed by atoms with Crippen LogP contribution in [-0.4, -0.2) is 0 Å². The molecule has 0 aliphatic heterocycles. The van der Waals surface area contributed by atoms with Gasteiger partial charge in [-0.3, -0.25) is 0 Å². The quantitative estimate of drug-likeness (QED) is 0.408. The first-order valence-corrected chi connectivity index (χ1v) is 10.6. The average molecular weight is 371 g/mol. The molecule has 0 fully saturated rings. The first kappa shape index (κ1) is 20.4. The molecule has 0 heteroatoms. The molecule has 28 heavy (non-hydrogen) atoms. The minimum absolute atomic E-state index is 0.115. The molecule has 0 nitrogen and oxygen atoms in total. The third kappa shape index (κ3) is 3.92. The van der Waals surface area contributed by atoms with E-state index in [1.807, 2.05) is 0 Å². The molecule has 0 aliphatic rings. The molecule has 146 valence electrons. The molecule has 0 heterocycles. The summed E-state index contributed by atoms with van der Waals surface area (Å²) >= 11 is 0. The maximum absolute atomic E-state index is 2.42. The summed E-state index contributed by atoms with van der Waals surface area (Å²) in [5.74, 6) is 0. The van der Waals surface area contributed by atoms with Crippen molar-refractivity contribution in [3.8, 4) is 22.3 Å². The van der Waals surface area contributed by atoms with Crippen molar-refractivity contribution in [2.24, 2.45) is 0 Å². The number of benzene rings is 3. The standard InChI is InChI=1S/C28H34/c1-7-27(3,4)25-17-13-12-16-23(25)24-19-18-22(21-14-10-9-11-15-21)20-26(24)28(5,6)8-2/h9-20H,7-8H2,1-6H3. The normalized spacial score (nSPS) is 12.2. The summed E-state index contributed by atoms with van der Waals surface area (Å²) in [7, 11) is 0. The van der Waals surface area contributed by atoms with Crippen molar-refractivity contribution in [2.75, 3.05) is 0 Å². The molecule has 0 bridgehead atoms. The van der Waals surface area contributed by atoms with Crippen molar-refractivity contribution in [3.05, 3.63) is 83.9 Å². The van der Waals surface area contributed by atoms with Crippen LogP contribution in [-0.2, 0) is 10.8 Å². The Bertz CT molecular complexity index is 929. The van der Waals surface area contributed by atoms with E-state index in [1.165, 1.54) is 33.4 Å². The van der Waals surface area contributed by atoms with E-state index >= 15 is 0 Å². The van der Waals surface area contributed by atoms with Gasteiger partial charge in [-0.15, -0.1) is 0 Å². The molecule has 3 rings (SSSR count). The van der Waals surface area contributed by atoms with E-state index in [9.17, 15) is 0 Å². The molecule has 0 saturated heterocycles. The molecule has 0 spiro atoms. The van der Waals surface area contributed by atoms with Crippen LogP contribution in [0.15, 0.2) is 72.8 Å². The summed E-state index contributed by atoms with van der Waals surface area (Å²) in [6.45, 7) is 14.0. The largest absolute Gasteiger partial charge is 0.0646 e. The van der Waals surface area contributed by atoms with Gasteiger partial charge in [0.05, 0.1) is 0 Å². The second kappa shape index (κ2) is 7.95. The van der Waals surface area contributed by atoms with E-state index in [0.717, 1.165) is 12.8 Å². The maximum Gasteiger partial charge on any atom is -0.00998 e. The number of hydrogen-bond acceptors (Lipinski definition) is 0. The van der Waals surface area contributed by atoms with E-state index in [0.29, 0.717) is 0 Å². The first-order valence-electron chi connectivity index (χ1n) is 10.6. The molecule has 3 aromatic rings. The van der Waals surface area contributed by atoms with Gasteiger partial charge in [0.15, 0.2) is 0 Å². The highest BCUT2D eigenvalue weighted by molar-refractivity contribution is 5.77.